The van der Waals surface area contributed by atoms with Gasteiger partial charge in [-0.05, 0) is 42.7 Å². The third kappa shape index (κ3) is 5.55. The van der Waals surface area contributed by atoms with E-state index in [4.69, 9.17) is 9.73 Å². The molecule has 0 aromatic heterocycles. The van der Waals surface area contributed by atoms with Gasteiger partial charge in [0.05, 0.1) is 19.7 Å². The van der Waals surface area contributed by atoms with Crippen LogP contribution in [0.3, 0.4) is 0 Å². The van der Waals surface area contributed by atoms with Gasteiger partial charge in [-0.2, -0.15) is 0 Å². The van der Waals surface area contributed by atoms with Crippen LogP contribution in [0.15, 0.2) is 58.4 Å². The molecule has 4 nitrogen and oxygen atoms in total. The largest absolute Gasteiger partial charge is 0.504 e. The Morgan fingerprint density at radius 3 is 2.71 bits per heavy atom. The van der Waals surface area contributed by atoms with Gasteiger partial charge in [0.25, 0.3) is 0 Å². The summed E-state index contributed by atoms with van der Waals surface area (Å²) in [5.41, 5.74) is 2.20. The highest BCUT2D eigenvalue weighted by molar-refractivity contribution is 8.17. The molecule has 28 heavy (non-hydrogen) atoms. The molecule has 2 aromatic carbocycles. The second-order valence-corrected chi connectivity index (χ2v) is 7.83. The molecule has 1 aliphatic heterocycles. The van der Waals surface area contributed by atoms with Crippen molar-refractivity contribution in [3.63, 3.8) is 0 Å². The average molecular weight is 397 g/mol. The molecule has 0 amide bonds. The van der Waals surface area contributed by atoms with Crippen molar-refractivity contribution >= 4 is 23.0 Å². The highest BCUT2D eigenvalue weighted by Gasteiger charge is 2.23. The molecule has 0 atom stereocenters. The smallest absolute Gasteiger partial charge is 0.164 e. The number of phenolic OH excluding ortho intramolecular Hbond substituents is 1. The summed E-state index contributed by atoms with van der Waals surface area (Å²) in [6.07, 6.45) is 4.45. The van der Waals surface area contributed by atoms with Gasteiger partial charge in [-0.25, -0.2) is 0 Å². The maximum absolute atomic E-state index is 10.1. The van der Waals surface area contributed by atoms with Crippen molar-refractivity contribution in [2.75, 3.05) is 19.7 Å². The van der Waals surface area contributed by atoms with Crippen LogP contribution in [0, 0.1) is 0 Å². The van der Waals surface area contributed by atoms with E-state index < -0.39 is 0 Å². The van der Waals surface area contributed by atoms with Gasteiger partial charge >= 0.3 is 0 Å². The van der Waals surface area contributed by atoms with E-state index in [1.54, 1.807) is 17.8 Å². The number of hydrogen-bond donors (Lipinski definition) is 1. The zero-order chi connectivity index (χ0) is 19.8. The van der Waals surface area contributed by atoms with E-state index in [0.29, 0.717) is 18.9 Å². The van der Waals surface area contributed by atoms with Gasteiger partial charge in [-0.15, -0.1) is 0 Å². The summed E-state index contributed by atoms with van der Waals surface area (Å²) in [6, 6.07) is 15.9. The van der Waals surface area contributed by atoms with Crippen molar-refractivity contribution in [3.05, 3.63) is 64.6 Å². The van der Waals surface area contributed by atoms with Gasteiger partial charge in [0.2, 0.25) is 0 Å². The summed E-state index contributed by atoms with van der Waals surface area (Å²) in [5, 5.41) is 11.2. The zero-order valence-corrected chi connectivity index (χ0v) is 17.4. The monoisotopic (exact) mass is 396 g/mol. The SMILES string of the molecule is CCCCN1CC(=Cc2ccc(OCC)c(O)c2)SC1=NCc1ccccc1. The number of nitrogens with zero attached hydrogens (tertiary/aromatic N) is 2. The highest BCUT2D eigenvalue weighted by Crippen LogP contribution is 2.33. The first-order valence-corrected chi connectivity index (χ1v) is 10.7. The molecule has 3 rings (SSSR count). The van der Waals surface area contributed by atoms with E-state index in [1.165, 1.54) is 16.9 Å². The molecule has 0 unspecified atom stereocenters. The highest BCUT2D eigenvalue weighted by atomic mass is 32.2. The van der Waals surface area contributed by atoms with Gasteiger partial charge in [-0.3, -0.25) is 4.99 Å². The number of ether oxygens (including phenoxy) is 1. The number of hydrogen-bond acceptors (Lipinski definition) is 4. The van der Waals surface area contributed by atoms with Crippen LogP contribution in [0.5, 0.6) is 11.5 Å². The number of aliphatic imine (C=N–C) groups is 1. The Kier molecular flexibility index (Phi) is 7.43. The lowest BCUT2D eigenvalue weighted by atomic mass is 10.2. The molecule has 1 heterocycles. The van der Waals surface area contributed by atoms with Crippen molar-refractivity contribution in [2.24, 2.45) is 4.99 Å². The summed E-state index contributed by atoms with van der Waals surface area (Å²) in [4.78, 5) is 8.47. The predicted octanol–water partition coefficient (Wildman–Crippen LogP) is 5.54. The lowest BCUT2D eigenvalue weighted by Crippen LogP contribution is -2.25. The molecule has 0 aliphatic carbocycles. The van der Waals surface area contributed by atoms with Gasteiger partial charge in [-0.1, -0.05) is 61.5 Å². The Morgan fingerprint density at radius 1 is 1.18 bits per heavy atom. The van der Waals surface area contributed by atoms with E-state index in [-0.39, 0.29) is 5.75 Å². The molecule has 0 bridgehead atoms. The summed E-state index contributed by atoms with van der Waals surface area (Å²) >= 11 is 1.73. The topological polar surface area (TPSA) is 45.1 Å². The second-order valence-electron chi connectivity index (χ2n) is 6.73. The first-order chi connectivity index (χ1) is 13.7. The molecule has 0 radical (unpaired) electrons. The van der Waals surface area contributed by atoms with E-state index in [2.05, 4.69) is 42.2 Å². The Hall–Kier alpha value is -2.40. The molecule has 1 fully saturated rings. The van der Waals surface area contributed by atoms with Crippen LogP contribution in [0.4, 0.5) is 0 Å². The van der Waals surface area contributed by atoms with Gasteiger partial charge in [0.1, 0.15) is 0 Å². The van der Waals surface area contributed by atoms with E-state index in [0.717, 1.165) is 30.2 Å². The van der Waals surface area contributed by atoms with Crippen molar-refractivity contribution in [3.8, 4) is 11.5 Å². The van der Waals surface area contributed by atoms with Crippen LogP contribution in [-0.2, 0) is 6.54 Å². The van der Waals surface area contributed by atoms with E-state index >= 15 is 0 Å². The Balaban J connectivity index is 1.75. The van der Waals surface area contributed by atoms with Gasteiger partial charge in [0, 0.05) is 11.4 Å². The lowest BCUT2D eigenvalue weighted by Gasteiger charge is -2.16. The van der Waals surface area contributed by atoms with Crippen LogP contribution in [-0.4, -0.2) is 34.9 Å². The zero-order valence-electron chi connectivity index (χ0n) is 16.6. The number of thioether (sulfide) groups is 1. The van der Waals surface area contributed by atoms with Crippen LogP contribution in [0.2, 0.25) is 0 Å². The number of benzene rings is 2. The Bertz CT molecular complexity index is 834. The minimum absolute atomic E-state index is 0.181. The van der Waals surface area contributed by atoms with Crippen molar-refractivity contribution in [1.82, 2.24) is 4.90 Å². The van der Waals surface area contributed by atoms with Crippen LogP contribution in [0.1, 0.15) is 37.8 Å². The fourth-order valence-electron chi connectivity index (χ4n) is 3.03. The van der Waals surface area contributed by atoms with E-state index in [1.807, 2.05) is 25.1 Å². The van der Waals surface area contributed by atoms with Crippen molar-refractivity contribution in [1.29, 1.82) is 0 Å². The summed E-state index contributed by atoms with van der Waals surface area (Å²) in [5.74, 6) is 0.707. The Labute approximate surface area is 171 Å². The van der Waals surface area contributed by atoms with E-state index in [9.17, 15) is 5.11 Å². The van der Waals surface area contributed by atoms with Crippen molar-refractivity contribution < 1.29 is 9.84 Å². The van der Waals surface area contributed by atoms with Gasteiger partial charge < -0.3 is 14.7 Å². The van der Waals surface area contributed by atoms with Crippen LogP contribution >= 0.6 is 11.8 Å². The van der Waals surface area contributed by atoms with Crippen molar-refractivity contribution in [2.45, 2.75) is 33.2 Å². The minimum Gasteiger partial charge on any atom is -0.504 e. The quantitative estimate of drug-likeness (QED) is 0.636. The number of amidine groups is 1. The average Bonchev–Trinajstić information content (AvgIpc) is 3.09. The molecular formula is C23H28N2O2S. The lowest BCUT2D eigenvalue weighted by molar-refractivity contribution is 0.318. The molecular weight excluding hydrogens is 368 g/mol. The molecule has 1 aliphatic rings. The Morgan fingerprint density at radius 2 is 2.00 bits per heavy atom. The number of phenols is 1. The molecule has 148 valence electrons. The number of rotatable bonds is 8. The third-order valence-electron chi connectivity index (χ3n) is 4.47. The molecule has 0 saturated carbocycles. The number of unbranched alkanes of at least 4 members (excludes halogenated alkanes) is 1. The molecule has 0 spiro atoms. The molecule has 1 saturated heterocycles. The summed E-state index contributed by atoms with van der Waals surface area (Å²) < 4.78 is 5.41. The summed E-state index contributed by atoms with van der Waals surface area (Å²) in [6.45, 7) is 7.24. The second kappa shape index (κ2) is 10.2. The fourth-order valence-corrected chi connectivity index (χ4v) is 4.09. The first-order valence-electron chi connectivity index (χ1n) is 9.87. The fraction of sp³-hybridized carbons (Fsp3) is 0.348. The first kappa shape index (κ1) is 20.3. The number of aromatic hydroxyl groups is 1. The van der Waals surface area contributed by atoms with Crippen LogP contribution in [0.25, 0.3) is 6.08 Å². The van der Waals surface area contributed by atoms with Gasteiger partial charge in [0.15, 0.2) is 16.7 Å². The maximum atomic E-state index is 10.1. The third-order valence-corrected chi connectivity index (χ3v) is 5.55. The summed E-state index contributed by atoms with van der Waals surface area (Å²) in [7, 11) is 0. The standard InChI is InChI=1S/C23H28N2O2S/c1-3-5-13-25-17-20(14-19-11-12-22(27-4-2)21(26)15-19)28-23(25)24-16-18-9-7-6-8-10-18/h6-12,14-15,26H,3-5,13,16-17H2,1-2H3. The molecule has 5 heteroatoms. The normalized spacial score (nSPS) is 16.9. The predicted molar refractivity (Wildman–Crippen MR) is 119 cm³/mol. The minimum atomic E-state index is 0.181. The molecule has 2 aromatic rings. The van der Waals surface area contributed by atoms with Crippen LogP contribution < -0.4 is 4.74 Å². The maximum Gasteiger partial charge on any atom is 0.164 e. The molecule has 1 N–H and O–H groups in total.